The number of halogens is 1. The largest absolute Gasteiger partial charge is 0.352 e. The Labute approximate surface area is 166 Å². The maximum absolute atomic E-state index is 12.7. The zero-order chi connectivity index (χ0) is 19.4. The molecule has 1 aliphatic carbocycles. The van der Waals surface area contributed by atoms with Gasteiger partial charge in [-0.2, -0.15) is 0 Å². The molecule has 1 aromatic heterocycles. The molecule has 5 heteroatoms. The number of hydrogen-bond donors (Lipinski definition) is 2. The van der Waals surface area contributed by atoms with Crippen molar-refractivity contribution in [2.24, 2.45) is 5.92 Å². The molecule has 27 heavy (non-hydrogen) atoms. The van der Waals surface area contributed by atoms with Crippen LogP contribution in [0.15, 0.2) is 30.5 Å². The van der Waals surface area contributed by atoms with Crippen molar-refractivity contribution in [2.75, 3.05) is 11.9 Å². The summed E-state index contributed by atoms with van der Waals surface area (Å²) in [5.74, 6) is 1.56. The van der Waals surface area contributed by atoms with Crippen LogP contribution >= 0.6 is 11.6 Å². The summed E-state index contributed by atoms with van der Waals surface area (Å²) in [7, 11) is 0. The number of carbonyl (C=O) groups excluding carboxylic acids is 1. The third-order valence-corrected chi connectivity index (χ3v) is 5.51. The van der Waals surface area contributed by atoms with Gasteiger partial charge < -0.3 is 10.6 Å². The number of pyridine rings is 1. The maximum atomic E-state index is 12.7. The molecular weight excluding hydrogens is 358 g/mol. The Bertz CT molecular complexity index is 813. The molecule has 1 aliphatic rings. The van der Waals surface area contributed by atoms with E-state index in [9.17, 15) is 4.79 Å². The van der Waals surface area contributed by atoms with Crippen LogP contribution in [-0.2, 0) is 0 Å². The highest BCUT2D eigenvalue weighted by atomic mass is 35.5. The van der Waals surface area contributed by atoms with E-state index >= 15 is 0 Å². The van der Waals surface area contributed by atoms with Gasteiger partial charge in [-0.15, -0.1) is 0 Å². The van der Waals surface area contributed by atoms with Crippen molar-refractivity contribution in [1.29, 1.82) is 0 Å². The molecule has 2 aromatic rings. The van der Waals surface area contributed by atoms with E-state index in [0.29, 0.717) is 16.5 Å². The number of nitrogens with one attached hydrogen (secondary N) is 2. The van der Waals surface area contributed by atoms with Gasteiger partial charge >= 0.3 is 0 Å². The lowest BCUT2D eigenvalue weighted by Crippen LogP contribution is -2.29. The lowest BCUT2D eigenvalue weighted by molar-refractivity contribution is 0.0945. The Hall–Kier alpha value is -2.07. The minimum absolute atomic E-state index is 0.0210. The highest BCUT2D eigenvalue weighted by Gasteiger charge is 2.19. The Morgan fingerprint density at radius 1 is 1.26 bits per heavy atom. The lowest BCUT2D eigenvalue weighted by Gasteiger charge is -2.17. The van der Waals surface area contributed by atoms with Crippen LogP contribution in [-0.4, -0.2) is 17.4 Å². The summed E-state index contributed by atoms with van der Waals surface area (Å²) in [5.41, 5.74) is 3.68. The summed E-state index contributed by atoms with van der Waals surface area (Å²) in [6.45, 7) is 6.96. The third kappa shape index (κ3) is 5.01. The van der Waals surface area contributed by atoms with Gasteiger partial charge in [-0.3, -0.25) is 4.79 Å². The average molecular weight is 386 g/mol. The number of hydrogen-bond acceptors (Lipinski definition) is 3. The van der Waals surface area contributed by atoms with E-state index in [1.54, 1.807) is 6.20 Å². The Balaban J connectivity index is 1.76. The fraction of sp³-hybridized carbons (Fsp3) is 0.455. The molecule has 0 radical (unpaired) electrons. The second-order valence-electron chi connectivity index (χ2n) is 7.76. The molecule has 0 unspecified atom stereocenters. The Morgan fingerprint density at radius 2 is 2.00 bits per heavy atom. The van der Waals surface area contributed by atoms with Crippen LogP contribution in [0.2, 0.25) is 5.02 Å². The number of aryl methyl sites for hydroxylation is 1. The van der Waals surface area contributed by atoms with Gasteiger partial charge in [0.2, 0.25) is 0 Å². The molecular formula is C22H28ClN3O. The van der Waals surface area contributed by atoms with E-state index in [2.05, 4.69) is 29.5 Å². The summed E-state index contributed by atoms with van der Waals surface area (Å²) >= 11 is 6.03. The average Bonchev–Trinajstić information content (AvgIpc) is 3.15. The topological polar surface area (TPSA) is 54.0 Å². The molecule has 4 nitrogen and oxygen atoms in total. The third-order valence-electron chi connectivity index (χ3n) is 5.28. The van der Waals surface area contributed by atoms with Gasteiger partial charge in [0.1, 0.15) is 5.82 Å². The second-order valence-corrected chi connectivity index (χ2v) is 8.19. The standard InChI is InChI=1S/C22H28ClN3O/c1-14(2)18-11-21(26-20-9-8-17(23)10-15(20)3)24-13-19(18)22(27)25-12-16-6-4-5-7-16/h8-11,13-14,16H,4-7,12H2,1-3H3,(H,24,26)(H,25,27). The lowest BCUT2D eigenvalue weighted by atomic mass is 9.98. The van der Waals surface area contributed by atoms with Crippen LogP contribution in [0.4, 0.5) is 11.5 Å². The van der Waals surface area contributed by atoms with Gasteiger partial charge in [0.25, 0.3) is 5.91 Å². The number of anilines is 2. The van der Waals surface area contributed by atoms with Crippen molar-refractivity contribution in [1.82, 2.24) is 10.3 Å². The second kappa shape index (κ2) is 8.75. The van der Waals surface area contributed by atoms with E-state index in [0.717, 1.165) is 29.2 Å². The maximum Gasteiger partial charge on any atom is 0.253 e. The highest BCUT2D eigenvalue weighted by molar-refractivity contribution is 6.30. The van der Waals surface area contributed by atoms with E-state index < -0.39 is 0 Å². The van der Waals surface area contributed by atoms with E-state index in [4.69, 9.17) is 11.6 Å². The summed E-state index contributed by atoms with van der Waals surface area (Å²) in [4.78, 5) is 17.2. The molecule has 0 atom stereocenters. The van der Waals surface area contributed by atoms with E-state index in [1.165, 1.54) is 25.7 Å². The van der Waals surface area contributed by atoms with Gasteiger partial charge in [0, 0.05) is 23.5 Å². The fourth-order valence-corrected chi connectivity index (χ4v) is 3.89. The van der Waals surface area contributed by atoms with E-state index in [1.807, 2.05) is 31.2 Å². The molecule has 0 spiro atoms. The van der Waals surface area contributed by atoms with Crippen LogP contribution in [0, 0.1) is 12.8 Å². The summed E-state index contributed by atoms with van der Waals surface area (Å²) < 4.78 is 0. The Morgan fingerprint density at radius 3 is 2.67 bits per heavy atom. The summed E-state index contributed by atoms with van der Waals surface area (Å²) in [6, 6.07) is 7.68. The molecule has 0 saturated heterocycles. The van der Waals surface area contributed by atoms with Crippen molar-refractivity contribution in [3.8, 4) is 0 Å². The number of benzene rings is 1. The predicted molar refractivity (Wildman–Crippen MR) is 112 cm³/mol. The number of amides is 1. The van der Waals surface area contributed by atoms with Crippen molar-refractivity contribution in [3.63, 3.8) is 0 Å². The molecule has 1 heterocycles. The first kappa shape index (κ1) is 19.7. The van der Waals surface area contributed by atoms with E-state index in [-0.39, 0.29) is 11.8 Å². The van der Waals surface area contributed by atoms with Crippen molar-refractivity contribution < 1.29 is 4.79 Å². The van der Waals surface area contributed by atoms with Crippen LogP contribution in [0.25, 0.3) is 0 Å². The molecule has 0 aliphatic heterocycles. The number of aromatic nitrogens is 1. The van der Waals surface area contributed by atoms with Gasteiger partial charge in [-0.25, -0.2) is 4.98 Å². The molecule has 1 saturated carbocycles. The minimum atomic E-state index is -0.0210. The van der Waals surface area contributed by atoms with Gasteiger partial charge in [0.15, 0.2) is 0 Å². The Kier molecular flexibility index (Phi) is 6.38. The molecule has 144 valence electrons. The number of nitrogens with zero attached hydrogens (tertiary/aromatic N) is 1. The van der Waals surface area contributed by atoms with Gasteiger partial charge in [-0.1, -0.05) is 38.3 Å². The monoisotopic (exact) mass is 385 g/mol. The predicted octanol–water partition coefficient (Wildman–Crippen LogP) is 5.83. The first-order chi connectivity index (χ1) is 12.9. The fourth-order valence-electron chi connectivity index (χ4n) is 3.66. The van der Waals surface area contributed by atoms with Crippen molar-refractivity contribution in [2.45, 2.75) is 52.4 Å². The zero-order valence-corrected chi connectivity index (χ0v) is 17.1. The van der Waals surface area contributed by atoms with Crippen LogP contribution in [0.5, 0.6) is 0 Å². The van der Waals surface area contributed by atoms with Crippen molar-refractivity contribution in [3.05, 3.63) is 52.2 Å². The summed E-state index contributed by atoms with van der Waals surface area (Å²) in [5, 5.41) is 7.15. The van der Waals surface area contributed by atoms with Crippen LogP contribution in [0.1, 0.15) is 66.9 Å². The molecule has 1 aromatic carbocycles. The van der Waals surface area contributed by atoms with Crippen LogP contribution in [0.3, 0.4) is 0 Å². The quantitative estimate of drug-likeness (QED) is 0.657. The molecule has 1 fully saturated rings. The van der Waals surface area contributed by atoms with Gasteiger partial charge in [0.05, 0.1) is 5.56 Å². The molecule has 3 rings (SSSR count). The van der Waals surface area contributed by atoms with Crippen molar-refractivity contribution >= 4 is 29.0 Å². The molecule has 0 bridgehead atoms. The minimum Gasteiger partial charge on any atom is -0.352 e. The van der Waals surface area contributed by atoms with Crippen LogP contribution < -0.4 is 10.6 Å². The first-order valence-corrected chi connectivity index (χ1v) is 10.1. The zero-order valence-electron chi connectivity index (χ0n) is 16.3. The first-order valence-electron chi connectivity index (χ1n) is 9.75. The van der Waals surface area contributed by atoms with Gasteiger partial charge in [-0.05, 0) is 67.0 Å². The summed E-state index contributed by atoms with van der Waals surface area (Å²) in [6.07, 6.45) is 6.69. The SMILES string of the molecule is Cc1cc(Cl)ccc1Nc1cc(C(C)C)c(C(=O)NCC2CCCC2)cn1. The number of rotatable bonds is 6. The molecule has 2 N–H and O–H groups in total. The normalized spacial score (nSPS) is 14.6. The number of carbonyl (C=O) groups is 1. The smallest absolute Gasteiger partial charge is 0.253 e. The highest BCUT2D eigenvalue weighted by Crippen LogP contribution is 2.27. The molecule has 1 amide bonds.